The first-order valence-electron chi connectivity index (χ1n) is 8.14. The summed E-state index contributed by atoms with van der Waals surface area (Å²) in [5.41, 5.74) is 1.67. The Balaban J connectivity index is 0.00000156. The third kappa shape index (κ3) is 5.21. The van der Waals surface area contributed by atoms with E-state index in [1.165, 1.54) is 0 Å². The zero-order valence-electron chi connectivity index (χ0n) is 14.5. The van der Waals surface area contributed by atoms with Crippen LogP contribution in [0, 0.1) is 6.92 Å². The molecule has 0 bridgehead atoms. The first-order valence-corrected chi connectivity index (χ1v) is 8.14. The second kappa shape index (κ2) is 9.80. The Morgan fingerprint density at radius 3 is 2.48 bits per heavy atom. The van der Waals surface area contributed by atoms with Gasteiger partial charge in [-0.2, -0.15) is 0 Å². The summed E-state index contributed by atoms with van der Waals surface area (Å²) >= 11 is 0. The highest BCUT2D eigenvalue weighted by Crippen LogP contribution is 2.22. The van der Waals surface area contributed by atoms with Gasteiger partial charge in [-0.1, -0.05) is 18.2 Å². The number of likely N-dealkylation sites (tertiary alicyclic amines) is 1. The molecule has 2 heterocycles. The number of benzene rings is 1. The summed E-state index contributed by atoms with van der Waals surface area (Å²) in [5, 5.41) is 3.28. The van der Waals surface area contributed by atoms with Crippen LogP contribution in [0.2, 0.25) is 0 Å². The second-order valence-corrected chi connectivity index (χ2v) is 6.01. The first-order chi connectivity index (χ1) is 11.2. The number of amides is 1. The van der Waals surface area contributed by atoms with Crippen molar-refractivity contribution in [3.63, 3.8) is 0 Å². The van der Waals surface area contributed by atoms with Crippen LogP contribution in [0.3, 0.4) is 0 Å². The third-order valence-corrected chi connectivity index (χ3v) is 4.49. The fourth-order valence-corrected chi connectivity index (χ4v) is 2.97. The van der Waals surface area contributed by atoms with Crippen molar-refractivity contribution < 1.29 is 9.21 Å². The van der Waals surface area contributed by atoms with Gasteiger partial charge >= 0.3 is 0 Å². The van der Waals surface area contributed by atoms with Gasteiger partial charge in [0.2, 0.25) is 11.8 Å². The van der Waals surface area contributed by atoms with E-state index in [1.807, 2.05) is 49.2 Å². The molecule has 0 unspecified atom stereocenters. The smallest absolute Gasteiger partial charge is 0.228 e. The zero-order valence-corrected chi connectivity index (χ0v) is 16.2. The highest BCUT2D eigenvalue weighted by molar-refractivity contribution is 5.85. The van der Waals surface area contributed by atoms with Crippen molar-refractivity contribution in [3.8, 4) is 11.5 Å². The quantitative estimate of drug-likeness (QED) is 0.877. The van der Waals surface area contributed by atoms with E-state index in [4.69, 9.17) is 4.42 Å². The van der Waals surface area contributed by atoms with Crippen LogP contribution < -0.4 is 5.32 Å². The van der Waals surface area contributed by atoms with Crippen molar-refractivity contribution in [2.24, 2.45) is 0 Å². The van der Waals surface area contributed by atoms with Crippen molar-refractivity contribution in [2.75, 3.05) is 20.1 Å². The van der Waals surface area contributed by atoms with E-state index in [0.717, 1.165) is 42.9 Å². The summed E-state index contributed by atoms with van der Waals surface area (Å²) < 4.78 is 5.73. The maximum atomic E-state index is 12.5. The highest BCUT2D eigenvalue weighted by Gasteiger charge is 2.23. The van der Waals surface area contributed by atoms with Crippen molar-refractivity contribution >= 4 is 30.7 Å². The number of carbonyl (C=O) groups is 1. The molecule has 1 fully saturated rings. The highest BCUT2D eigenvalue weighted by atomic mass is 35.5. The maximum Gasteiger partial charge on any atom is 0.228 e. The molecule has 0 spiro atoms. The summed E-state index contributed by atoms with van der Waals surface area (Å²) in [7, 11) is 1.98. The second-order valence-electron chi connectivity index (χ2n) is 6.01. The number of oxazole rings is 1. The summed E-state index contributed by atoms with van der Waals surface area (Å²) in [6.07, 6.45) is 2.33. The number of rotatable bonds is 4. The molecule has 2 aromatic rings. The van der Waals surface area contributed by atoms with E-state index in [9.17, 15) is 4.79 Å². The lowest BCUT2D eigenvalue weighted by atomic mass is 10.0. The van der Waals surface area contributed by atoms with Crippen LogP contribution in [0.1, 0.15) is 24.3 Å². The van der Waals surface area contributed by atoms with Crippen molar-refractivity contribution in [1.29, 1.82) is 0 Å². The van der Waals surface area contributed by atoms with Crippen LogP contribution in [0.5, 0.6) is 0 Å². The Labute approximate surface area is 161 Å². The number of halogens is 2. The SMILES string of the molecule is CNC1CCN(C(=O)Cc2nc(-c3ccccc3)oc2C)CC1.Cl.Cl. The standard InChI is InChI=1S/C18H23N3O2.2ClH/c1-13-16(20-18(23-13)14-6-4-3-5-7-14)12-17(22)21-10-8-15(19-2)9-11-21;;/h3-7,15,19H,8-12H2,1-2H3;2*1H. The molecule has 0 atom stereocenters. The lowest BCUT2D eigenvalue weighted by Gasteiger charge is -2.31. The molecule has 1 aliphatic rings. The average Bonchev–Trinajstić information content (AvgIpc) is 2.96. The number of hydrogen-bond donors (Lipinski definition) is 1. The Morgan fingerprint density at radius 2 is 1.88 bits per heavy atom. The molecule has 1 amide bonds. The van der Waals surface area contributed by atoms with Gasteiger partial charge in [-0.15, -0.1) is 24.8 Å². The van der Waals surface area contributed by atoms with E-state index >= 15 is 0 Å². The van der Waals surface area contributed by atoms with Gasteiger partial charge in [-0.05, 0) is 38.9 Å². The number of aryl methyl sites for hydroxylation is 1. The monoisotopic (exact) mass is 385 g/mol. The van der Waals surface area contributed by atoms with Crippen molar-refractivity contribution in [2.45, 2.75) is 32.2 Å². The molecule has 5 nitrogen and oxygen atoms in total. The summed E-state index contributed by atoms with van der Waals surface area (Å²) in [4.78, 5) is 18.9. The minimum absolute atomic E-state index is 0. The summed E-state index contributed by atoms with van der Waals surface area (Å²) in [6.45, 7) is 3.49. The molecular weight excluding hydrogens is 361 g/mol. The van der Waals surface area contributed by atoms with Gasteiger partial charge in [0.25, 0.3) is 0 Å². The minimum Gasteiger partial charge on any atom is -0.441 e. The van der Waals surface area contributed by atoms with Gasteiger partial charge in [0.1, 0.15) is 5.76 Å². The van der Waals surface area contributed by atoms with Gasteiger partial charge in [0.05, 0.1) is 12.1 Å². The maximum absolute atomic E-state index is 12.5. The van der Waals surface area contributed by atoms with E-state index in [0.29, 0.717) is 18.4 Å². The molecular formula is C18H25Cl2N3O2. The number of carbonyl (C=O) groups excluding carboxylic acids is 1. The van der Waals surface area contributed by atoms with E-state index in [2.05, 4.69) is 10.3 Å². The molecule has 1 aromatic heterocycles. The summed E-state index contributed by atoms with van der Waals surface area (Å²) in [6, 6.07) is 10.3. The van der Waals surface area contributed by atoms with Crippen LogP contribution in [0.4, 0.5) is 0 Å². The van der Waals surface area contributed by atoms with Gasteiger partial charge in [-0.3, -0.25) is 4.79 Å². The number of nitrogens with zero attached hydrogens (tertiary/aromatic N) is 2. The Morgan fingerprint density at radius 1 is 1.24 bits per heavy atom. The number of aromatic nitrogens is 1. The fraction of sp³-hybridized carbons (Fsp3) is 0.444. The Kier molecular flexibility index (Phi) is 8.42. The zero-order chi connectivity index (χ0) is 16.2. The van der Waals surface area contributed by atoms with Crippen LogP contribution in [0.15, 0.2) is 34.7 Å². The molecule has 7 heteroatoms. The molecule has 0 radical (unpaired) electrons. The molecule has 0 aliphatic carbocycles. The predicted octanol–water partition coefficient (Wildman–Crippen LogP) is 3.25. The summed E-state index contributed by atoms with van der Waals surface area (Å²) in [5.74, 6) is 1.44. The molecule has 1 aromatic carbocycles. The van der Waals surface area contributed by atoms with Gasteiger partial charge in [-0.25, -0.2) is 4.98 Å². The van der Waals surface area contributed by atoms with Gasteiger partial charge in [0.15, 0.2) is 0 Å². The number of piperidine rings is 1. The van der Waals surface area contributed by atoms with Gasteiger partial charge < -0.3 is 14.6 Å². The van der Waals surface area contributed by atoms with E-state index in [1.54, 1.807) is 0 Å². The van der Waals surface area contributed by atoms with Crippen LogP contribution >= 0.6 is 24.8 Å². The van der Waals surface area contributed by atoms with E-state index in [-0.39, 0.29) is 30.7 Å². The molecule has 1 N–H and O–H groups in total. The molecule has 25 heavy (non-hydrogen) atoms. The predicted molar refractivity (Wildman–Crippen MR) is 104 cm³/mol. The lowest BCUT2D eigenvalue weighted by molar-refractivity contribution is -0.131. The minimum atomic E-state index is 0. The molecule has 3 rings (SSSR count). The molecule has 138 valence electrons. The molecule has 1 saturated heterocycles. The lowest BCUT2D eigenvalue weighted by Crippen LogP contribution is -2.44. The van der Waals surface area contributed by atoms with E-state index < -0.39 is 0 Å². The molecule has 1 aliphatic heterocycles. The van der Waals surface area contributed by atoms with Crippen molar-refractivity contribution in [3.05, 3.63) is 41.8 Å². The van der Waals surface area contributed by atoms with Gasteiger partial charge in [0, 0.05) is 24.7 Å². The normalized spacial score (nSPS) is 14.6. The average molecular weight is 386 g/mol. The fourth-order valence-electron chi connectivity index (χ4n) is 2.97. The van der Waals surface area contributed by atoms with Crippen molar-refractivity contribution in [1.82, 2.24) is 15.2 Å². The number of hydrogen-bond acceptors (Lipinski definition) is 4. The Bertz CT molecular complexity index is 668. The van der Waals surface area contributed by atoms with Crippen LogP contribution in [-0.2, 0) is 11.2 Å². The van der Waals surface area contributed by atoms with Crippen LogP contribution in [0.25, 0.3) is 11.5 Å². The largest absolute Gasteiger partial charge is 0.441 e. The Hall–Kier alpha value is -1.56. The topological polar surface area (TPSA) is 58.4 Å². The number of nitrogens with one attached hydrogen (secondary N) is 1. The van der Waals surface area contributed by atoms with Crippen LogP contribution in [-0.4, -0.2) is 42.0 Å². The third-order valence-electron chi connectivity index (χ3n) is 4.49. The first kappa shape index (κ1) is 21.5. The molecule has 0 saturated carbocycles.